The minimum absolute atomic E-state index is 0. The summed E-state index contributed by atoms with van der Waals surface area (Å²) in [5, 5.41) is 9.55. The Kier molecular flexibility index (Phi) is 13.4. The second kappa shape index (κ2) is 10.5. The SMILES string of the molecule is CCN[C](=[W])NCCNC.[2HH].[B]. The van der Waals surface area contributed by atoms with E-state index in [1.165, 1.54) is 23.5 Å². The fraction of sp³-hybridized carbons (Fsp3) is 0.833. The average molecular weight is 327 g/mol. The zero-order valence-corrected chi connectivity index (χ0v) is 10.0. The molecule has 0 atom stereocenters. The summed E-state index contributed by atoms with van der Waals surface area (Å²) in [5.74, 6) is 0. The van der Waals surface area contributed by atoms with Gasteiger partial charge in [0.15, 0.2) is 0 Å². The number of hydrogen-bond donors (Lipinski definition) is 3. The summed E-state index contributed by atoms with van der Waals surface area (Å²) in [6.45, 7) is 5.12. The van der Waals surface area contributed by atoms with Gasteiger partial charge in [-0.05, 0) is 0 Å². The Hall–Kier alpha value is 0.503. The van der Waals surface area contributed by atoms with E-state index in [1.54, 1.807) is 0 Å². The molecule has 0 aromatic carbocycles. The van der Waals surface area contributed by atoms with Crippen molar-refractivity contribution in [3.8, 4) is 0 Å². The van der Waals surface area contributed by atoms with Gasteiger partial charge in [-0.25, -0.2) is 0 Å². The summed E-state index contributed by atoms with van der Waals surface area (Å²) in [7, 11) is 1.96. The van der Waals surface area contributed by atoms with E-state index in [-0.39, 0.29) is 9.84 Å². The Labute approximate surface area is 83.2 Å². The first-order valence-electron chi connectivity index (χ1n) is 3.47. The number of likely N-dealkylation sites (N-methyl/N-ethyl adjacent to an activating group) is 1. The zero-order valence-electron chi connectivity index (χ0n) is 7.11. The van der Waals surface area contributed by atoms with Crippen molar-refractivity contribution in [1.82, 2.24) is 16.0 Å². The molecular formula is C6H17BN3W. The van der Waals surface area contributed by atoms with Crippen LogP contribution in [-0.2, 0) is 19.4 Å². The maximum Gasteiger partial charge on any atom is 0 e. The maximum atomic E-state index is 3.26. The predicted octanol–water partition coefficient (Wildman–Crippen LogP) is -1.10. The fourth-order valence-electron chi connectivity index (χ4n) is 0.524. The summed E-state index contributed by atoms with van der Waals surface area (Å²) in [6.07, 6.45) is 0. The third kappa shape index (κ3) is 10.5. The third-order valence-electron chi connectivity index (χ3n) is 0.998. The molecule has 0 bridgehead atoms. The van der Waals surface area contributed by atoms with Crippen molar-refractivity contribution in [1.29, 1.82) is 0 Å². The molecule has 0 fully saturated rings. The van der Waals surface area contributed by atoms with Gasteiger partial charge in [-0.1, -0.05) is 0 Å². The molecule has 0 aromatic rings. The zero-order chi connectivity index (χ0) is 7.82. The molecule has 0 saturated carbocycles. The molecule has 3 radical (unpaired) electrons. The largest absolute Gasteiger partial charge is 0 e. The molecule has 0 unspecified atom stereocenters. The second-order valence-corrected chi connectivity index (χ2v) is 3.36. The molecule has 0 aromatic heterocycles. The van der Waals surface area contributed by atoms with Crippen molar-refractivity contribution >= 4 is 12.6 Å². The van der Waals surface area contributed by atoms with Gasteiger partial charge in [-0.15, -0.1) is 0 Å². The molecule has 0 spiro atoms. The summed E-state index contributed by atoms with van der Waals surface area (Å²) in [5.41, 5.74) is 0. The molecule has 11 heavy (non-hydrogen) atoms. The van der Waals surface area contributed by atoms with Crippen LogP contribution in [0.3, 0.4) is 0 Å². The van der Waals surface area contributed by atoms with Crippen LogP contribution in [0.1, 0.15) is 8.35 Å². The molecular weight excluding hydrogens is 309 g/mol. The molecule has 0 aliphatic carbocycles. The van der Waals surface area contributed by atoms with Crippen molar-refractivity contribution in [2.45, 2.75) is 6.92 Å². The van der Waals surface area contributed by atoms with E-state index >= 15 is 0 Å². The van der Waals surface area contributed by atoms with E-state index in [0.29, 0.717) is 0 Å². The Morgan fingerprint density at radius 1 is 1.36 bits per heavy atom. The van der Waals surface area contributed by atoms with Crippen LogP contribution < -0.4 is 16.0 Å². The van der Waals surface area contributed by atoms with E-state index in [4.69, 9.17) is 0 Å². The Morgan fingerprint density at radius 2 is 2.00 bits per heavy atom. The van der Waals surface area contributed by atoms with E-state index in [2.05, 4.69) is 22.9 Å². The van der Waals surface area contributed by atoms with Crippen molar-refractivity contribution < 1.29 is 20.8 Å². The van der Waals surface area contributed by atoms with Gasteiger partial charge >= 0.3 is 73.1 Å². The van der Waals surface area contributed by atoms with Crippen molar-refractivity contribution in [3.63, 3.8) is 0 Å². The third-order valence-corrected chi connectivity index (χ3v) is 2.04. The van der Waals surface area contributed by atoms with E-state index < -0.39 is 0 Å². The van der Waals surface area contributed by atoms with Crippen LogP contribution in [0.15, 0.2) is 0 Å². The minimum Gasteiger partial charge on any atom is 0 e. The summed E-state index contributed by atoms with van der Waals surface area (Å²) >= 11 is 1.47. The summed E-state index contributed by atoms with van der Waals surface area (Å²) in [4.78, 5) is 0. The fourth-order valence-corrected chi connectivity index (χ4v) is 1.41. The standard InChI is InChI=1S/C6H15N3.B.W.H2/c1-3-8-6-9-5-4-7-2;;;/h7-9H,3-5H2,1-2H3;;;1H/i;;;1+1. The topological polar surface area (TPSA) is 36.1 Å². The minimum atomic E-state index is 0. The molecule has 65 valence electrons. The predicted molar refractivity (Wildman–Crippen MR) is 48.5 cm³/mol. The molecule has 0 aliphatic heterocycles. The van der Waals surface area contributed by atoms with Gasteiger partial charge in [-0.3, -0.25) is 0 Å². The molecule has 0 aliphatic rings. The number of nitrogens with one attached hydrogen (secondary N) is 3. The molecule has 5 heteroatoms. The Morgan fingerprint density at radius 3 is 2.45 bits per heavy atom. The number of hydrogen-bond acceptors (Lipinski definition) is 3. The van der Waals surface area contributed by atoms with E-state index in [0.717, 1.165) is 19.6 Å². The summed E-state index contributed by atoms with van der Waals surface area (Å²) in [6, 6.07) is 0. The van der Waals surface area contributed by atoms with Crippen LogP contribution in [0.2, 0.25) is 0 Å². The van der Waals surface area contributed by atoms with Crippen molar-refractivity contribution in [3.05, 3.63) is 0 Å². The van der Waals surface area contributed by atoms with Crippen LogP contribution >= 0.6 is 0 Å². The molecule has 0 amide bonds. The number of rotatable bonds is 6. The first-order chi connectivity index (χ1) is 4.81. The van der Waals surface area contributed by atoms with E-state index in [1.807, 2.05) is 7.05 Å². The van der Waals surface area contributed by atoms with E-state index in [9.17, 15) is 0 Å². The van der Waals surface area contributed by atoms with Crippen LogP contribution in [0, 0.1) is 0 Å². The van der Waals surface area contributed by atoms with Gasteiger partial charge < -0.3 is 0 Å². The maximum absolute atomic E-state index is 3.26. The quantitative estimate of drug-likeness (QED) is 0.429. The first-order valence-corrected chi connectivity index (χ1v) is 4.94. The normalized spacial score (nSPS) is 8.91. The van der Waals surface area contributed by atoms with Gasteiger partial charge in [0.1, 0.15) is 0 Å². The van der Waals surface area contributed by atoms with Gasteiger partial charge in [0.05, 0.1) is 0 Å². The molecule has 0 saturated heterocycles. The summed E-state index contributed by atoms with van der Waals surface area (Å²) < 4.78 is 1.23. The average Bonchev–Trinajstić information content (AvgIpc) is 1.89. The Balaban J connectivity index is -0.000000405. The van der Waals surface area contributed by atoms with Crippen LogP contribution in [-0.4, -0.2) is 39.2 Å². The van der Waals surface area contributed by atoms with Crippen LogP contribution in [0.5, 0.6) is 0 Å². The first kappa shape index (κ1) is 14.1. The van der Waals surface area contributed by atoms with Crippen molar-refractivity contribution in [2.75, 3.05) is 26.7 Å². The Bertz CT molecular complexity index is 105. The van der Waals surface area contributed by atoms with Gasteiger partial charge in [-0.2, -0.15) is 0 Å². The van der Waals surface area contributed by atoms with Gasteiger partial charge in [0.2, 0.25) is 0 Å². The van der Waals surface area contributed by atoms with Crippen molar-refractivity contribution in [2.24, 2.45) is 0 Å². The monoisotopic (exact) mass is 327 g/mol. The molecule has 0 heterocycles. The van der Waals surface area contributed by atoms with Gasteiger partial charge in [0.25, 0.3) is 0 Å². The molecule has 3 nitrogen and oxygen atoms in total. The van der Waals surface area contributed by atoms with Gasteiger partial charge in [0, 0.05) is 9.84 Å². The molecule has 3 N–H and O–H groups in total. The smallest absolute Gasteiger partial charge is 0 e. The van der Waals surface area contributed by atoms with Crippen LogP contribution in [0.4, 0.5) is 0 Å². The second-order valence-electron chi connectivity index (χ2n) is 1.89. The van der Waals surface area contributed by atoms with Crippen LogP contribution in [0.25, 0.3) is 0 Å². The molecule has 0 rings (SSSR count).